The molecule has 1 N–H and O–H groups in total. The highest BCUT2D eigenvalue weighted by molar-refractivity contribution is 5.85. The number of halogens is 1. The Hall–Kier alpha value is -1.10. The van der Waals surface area contributed by atoms with Gasteiger partial charge in [0.2, 0.25) is 0 Å². The molecule has 4 nitrogen and oxygen atoms in total. The first-order chi connectivity index (χ1) is 8.25. The lowest BCUT2D eigenvalue weighted by Gasteiger charge is -2.27. The number of aliphatic carboxylic acids is 1. The summed E-state index contributed by atoms with van der Waals surface area (Å²) in [5.74, 6) is -0.778. The number of nitrogens with zero attached hydrogens (tertiary/aromatic N) is 1. The molecule has 0 saturated carbocycles. The maximum atomic E-state index is 10.8. The van der Waals surface area contributed by atoms with Crippen LogP contribution in [0.5, 0.6) is 0 Å². The summed E-state index contributed by atoms with van der Waals surface area (Å²) in [6, 6.07) is 7.75. The first-order valence-electron chi connectivity index (χ1n) is 5.84. The van der Waals surface area contributed by atoms with Crippen molar-refractivity contribution in [2.45, 2.75) is 13.0 Å². The van der Waals surface area contributed by atoms with Crippen molar-refractivity contribution in [3.05, 3.63) is 35.4 Å². The van der Waals surface area contributed by atoms with Crippen LogP contribution in [0.25, 0.3) is 0 Å². The summed E-state index contributed by atoms with van der Waals surface area (Å²) in [7, 11) is 0. The predicted molar refractivity (Wildman–Crippen MR) is 71.1 cm³/mol. The zero-order valence-corrected chi connectivity index (χ0v) is 11.0. The molecule has 0 unspecified atom stereocenters. The van der Waals surface area contributed by atoms with E-state index in [2.05, 4.69) is 4.90 Å². The van der Waals surface area contributed by atoms with E-state index in [0.29, 0.717) is 0 Å². The van der Waals surface area contributed by atoms with Gasteiger partial charge in [0, 0.05) is 19.6 Å². The fraction of sp³-hybridized carbons (Fsp3) is 0.462. The molecule has 0 aliphatic carbocycles. The summed E-state index contributed by atoms with van der Waals surface area (Å²) in [6.07, 6.45) is 0.0977. The van der Waals surface area contributed by atoms with Gasteiger partial charge in [-0.25, -0.2) is 0 Å². The number of carboxylic acid groups (broad SMARTS) is 1. The van der Waals surface area contributed by atoms with Crippen LogP contribution in [-0.4, -0.2) is 42.3 Å². The average Bonchev–Trinajstić information content (AvgIpc) is 2.32. The zero-order chi connectivity index (χ0) is 12.1. The molecule has 0 spiro atoms. The summed E-state index contributed by atoms with van der Waals surface area (Å²) in [6.45, 7) is 4.18. The van der Waals surface area contributed by atoms with Crippen molar-refractivity contribution in [1.82, 2.24) is 4.90 Å². The van der Waals surface area contributed by atoms with Crippen molar-refractivity contribution in [2.24, 2.45) is 0 Å². The molecule has 0 bridgehead atoms. The number of hydrogen-bond acceptors (Lipinski definition) is 3. The number of morpholine rings is 1. The summed E-state index contributed by atoms with van der Waals surface area (Å²) < 4.78 is 5.30. The Morgan fingerprint density at radius 1 is 1.22 bits per heavy atom. The summed E-state index contributed by atoms with van der Waals surface area (Å²) >= 11 is 0. The normalized spacial score (nSPS) is 16.0. The zero-order valence-electron chi connectivity index (χ0n) is 10.2. The second-order valence-electron chi connectivity index (χ2n) is 4.23. The maximum Gasteiger partial charge on any atom is 0.307 e. The molecule has 1 aliphatic rings. The van der Waals surface area contributed by atoms with E-state index in [4.69, 9.17) is 9.84 Å². The van der Waals surface area contributed by atoms with E-state index >= 15 is 0 Å². The minimum Gasteiger partial charge on any atom is -0.481 e. The standard InChI is InChI=1S/C13H17NO3.ClH/c15-13(16)9-11-3-1-2-4-12(11)10-14-5-7-17-8-6-14;/h1-4H,5-10H2,(H,15,16);1H. The van der Waals surface area contributed by atoms with Gasteiger partial charge in [0.05, 0.1) is 19.6 Å². The van der Waals surface area contributed by atoms with Crippen molar-refractivity contribution < 1.29 is 14.6 Å². The molecule has 1 aliphatic heterocycles. The number of carbonyl (C=O) groups is 1. The maximum absolute atomic E-state index is 10.8. The third kappa shape index (κ3) is 4.29. The fourth-order valence-corrected chi connectivity index (χ4v) is 2.05. The van der Waals surface area contributed by atoms with E-state index in [-0.39, 0.29) is 18.8 Å². The number of hydrogen-bond donors (Lipinski definition) is 1. The highest BCUT2D eigenvalue weighted by Gasteiger charge is 2.13. The summed E-state index contributed by atoms with van der Waals surface area (Å²) in [5, 5.41) is 8.86. The largest absolute Gasteiger partial charge is 0.481 e. The van der Waals surface area contributed by atoms with E-state index in [0.717, 1.165) is 44.0 Å². The number of rotatable bonds is 4. The van der Waals surface area contributed by atoms with Crippen molar-refractivity contribution in [3.8, 4) is 0 Å². The molecule has 1 saturated heterocycles. The van der Waals surface area contributed by atoms with Gasteiger partial charge < -0.3 is 9.84 Å². The van der Waals surface area contributed by atoms with Crippen LogP contribution >= 0.6 is 12.4 Å². The molecule has 1 fully saturated rings. The molecule has 1 aromatic carbocycles. The van der Waals surface area contributed by atoms with E-state index < -0.39 is 5.97 Å². The molecule has 18 heavy (non-hydrogen) atoms. The molecular formula is C13H18ClNO3. The van der Waals surface area contributed by atoms with Gasteiger partial charge in [-0.2, -0.15) is 0 Å². The lowest BCUT2D eigenvalue weighted by Crippen LogP contribution is -2.35. The van der Waals surface area contributed by atoms with E-state index in [9.17, 15) is 4.79 Å². The van der Waals surface area contributed by atoms with Crippen LogP contribution < -0.4 is 0 Å². The molecule has 2 rings (SSSR count). The first-order valence-corrected chi connectivity index (χ1v) is 5.84. The van der Waals surface area contributed by atoms with Crippen molar-refractivity contribution in [1.29, 1.82) is 0 Å². The smallest absolute Gasteiger partial charge is 0.307 e. The lowest BCUT2D eigenvalue weighted by molar-refractivity contribution is -0.136. The third-order valence-corrected chi connectivity index (χ3v) is 2.96. The molecular weight excluding hydrogens is 254 g/mol. The minimum absolute atomic E-state index is 0. The van der Waals surface area contributed by atoms with Crippen LogP contribution in [0.15, 0.2) is 24.3 Å². The number of ether oxygens (including phenoxy) is 1. The van der Waals surface area contributed by atoms with Gasteiger partial charge in [0.1, 0.15) is 0 Å². The van der Waals surface area contributed by atoms with Gasteiger partial charge in [0.25, 0.3) is 0 Å². The van der Waals surface area contributed by atoms with E-state index in [1.165, 1.54) is 0 Å². The molecule has 1 heterocycles. The van der Waals surface area contributed by atoms with Crippen LogP contribution in [0.4, 0.5) is 0 Å². The Labute approximate surface area is 113 Å². The van der Waals surface area contributed by atoms with Gasteiger partial charge in [-0.05, 0) is 11.1 Å². The van der Waals surface area contributed by atoms with Crippen LogP contribution in [-0.2, 0) is 22.5 Å². The Morgan fingerprint density at radius 3 is 2.44 bits per heavy atom. The van der Waals surface area contributed by atoms with Gasteiger partial charge >= 0.3 is 5.97 Å². The van der Waals surface area contributed by atoms with Crippen molar-refractivity contribution in [3.63, 3.8) is 0 Å². The Kier molecular flexibility index (Phi) is 6.12. The topological polar surface area (TPSA) is 49.8 Å². The number of carboxylic acids is 1. The molecule has 5 heteroatoms. The fourth-order valence-electron chi connectivity index (χ4n) is 2.05. The van der Waals surface area contributed by atoms with Crippen LogP contribution in [0, 0.1) is 0 Å². The molecule has 1 aromatic rings. The molecule has 0 aromatic heterocycles. The van der Waals surface area contributed by atoms with Gasteiger partial charge in [0.15, 0.2) is 0 Å². The van der Waals surface area contributed by atoms with E-state index in [1.807, 2.05) is 24.3 Å². The van der Waals surface area contributed by atoms with E-state index in [1.54, 1.807) is 0 Å². The molecule has 100 valence electrons. The van der Waals surface area contributed by atoms with Crippen LogP contribution in [0.2, 0.25) is 0 Å². The average molecular weight is 272 g/mol. The van der Waals surface area contributed by atoms with Gasteiger partial charge in [-0.3, -0.25) is 9.69 Å². The molecule has 0 radical (unpaired) electrons. The highest BCUT2D eigenvalue weighted by atomic mass is 35.5. The van der Waals surface area contributed by atoms with Gasteiger partial charge in [-0.15, -0.1) is 12.4 Å². The predicted octanol–water partition coefficient (Wildman–Crippen LogP) is 1.57. The summed E-state index contributed by atoms with van der Waals surface area (Å²) in [4.78, 5) is 13.1. The first kappa shape index (κ1) is 15.0. The van der Waals surface area contributed by atoms with Crippen LogP contribution in [0.1, 0.15) is 11.1 Å². The van der Waals surface area contributed by atoms with Crippen molar-refractivity contribution >= 4 is 18.4 Å². The Morgan fingerprint density at radius 2 is 1.83 bits per heavy atom. The van der Waals surface area contributed by atoms with Gasteiger partial charge in [-0.1, -0.05) is 24.3 Å². The highest BCUT2D eigenvalue weighted by Crippen LogP contribution is 2.13. The van der Waals surface area contributed by atoms with Crippen LogP contribution in [0.3, 0.4) is 0 Å². The molecule has 0 atom stereocenters. The quantitative estimate of drug-likeness (QED) is 0.903. The Bertz CT molecular complexity index is 392. The lowest BCUT2D eigenvalue weighted by atomic mass is 10.0. The Balaban J connectivity index is 0.00000162. The monoisotopic (exact) mass is 271 g/mol. The third-order valence-electron chi connectivity index (χ3n) is 2.96. The minimum atomic E-state index is -0.778. The molecule has 0 amide bonds. The van der Waals surface area contributed by atoms with Crippen molar-refractivity contribution in [2.75, 3.05) is 26.3 Å². The summed E-state index contributed by atoms with van der Waals surface area (Å²) in [5.41, 5.74) is 2.02. The SMILES string of the molecule is Cl.O=C(O)Cc1ccccc1CN1CCOCC1. The second kappa shape index (κ2) is 7.36. The number of benzene rings is 1. The second-order valence-corrected chi connectivity index (χ2v) is 4.23.